The third kappa shape index (κ3) is 2.35. The average molecular weight is 217 g/mol. The van der Waals surface area contributed by atoms with Gasteiger partial charge < -0.3 is 13.6 Å². The topological polar surface area (TPSA) is 41.9 Å². The smallest absolute Gasteiger partial charge is 0.390 e. The highest BCUT2D eigenvalue weighted by atomic mass is 28.4. The second-order valence-corrected chi connectivity index (χ2v) is 6.83. The second kappa shape index (κ2) is 3.90. The number of hydrogen-bond donors (Lipinski definition) is 1. The van der Waals surface area contributed by atoms with Crippen LogP contribution in [0.2, 0.25) is 6.04 Å². The SMILES string of the molecule is CC1CN2CCC[Si](O)(O1)OC(C)C2. The lowest BCUT2D eigenvalue weighted by Gasteiger charge is -2.40. The summed E-state index contributed by atoms with van der Waals surface area (Å²) in [6.45, 7) is 6.92. The molecule has 0 aliphatic carbocycles. The normalized spacial score (nSPS) is 49.5. The first kappa shape index (κ1) is 10.6. The maximum Gasteiger partial charge on any atom is 0.498 e. The van der Waals surface area contributed by atoms with E-state index in [1.807, 2.05) is 13.8 Å². The van der Waals surface area contributed by atoms with E-state index in [0.717, 1.165) is 26.1 Å². The van der Waals surface area contributed by atoms with Gasteiger partial charge in [0, 0.05) is 19.1 Å². The third-order valence-corrected chi connectivity index (χ3v) is 5.30. The fourth-order valence-electron chi connectivity index (χ4n) is 2.36. The molecule has 3 aliphatic heterocycles. The average Bonchev–Trinajstić information content (AvgIpc) is 1.96. The van der Waals surface area contributed by atoms with E-state index in [2.05, 4.69) is 4.90 Å². The quantitative estimate of drug-likeness (QED) is 0.598. The van der Waals surface area contributed by atoms with Gasteiger partial charge in [-0.2, -0.15) is 0 Å². The van der Waals surface area contributed by atoms with E-state index in [-0.39, 0.29) is 12.2 Å². The molecule has 4 nitrogen and oxygen atoms in total. The summed E-state index contributed by atoms with van der Waals surface area (Å²) < 4.78 is 11.3. The minimum atomic E-state index is -2.83. The third-order valence-electron chi connectivity index (χ3n) is 2.77. The van der Waals surface area contributed by atoms with Gasteiger partial charge in [0.25, 0.3) is 0 Å². The van der Waals surface area contributed by atoms with E-state index in [0.29, 0.717) is 6.04 Å². The van der Waals surface area contributed by atoms with Crippen molar-refractivity contribution in [1.29, 1.82) is 0 Å². The molecule has 0 saturated carbocycles. The molecule has 3 saturated heterocycles. The Morgan fingerprint density at radius 3 is 2.36 bits per heavy atom. The maximum atomic E-state index is 10.2. The van der Waals surface area contributed by atoms with Gasteiger partial charge in [0.1, 0.15) is 0 Å². The Morgan fingerprint density at radius 1 is 1.21 bits per heavy atom. The minimum Gasteiger partial charge on any atom is -0.390 e. The summed E-state index contributed by atoms with van der Waals surface area (Å²) in [4.78, 5) is 12.6. The monoisotopic (exact) mass is 217 g/mol. The predicted molar refractivity (Wildman–Crippen MR) is 54.9 cm³/mol. The fourth-order valence-corrected chi connectivity index (χ4v) is 4.66. The summed E-state index contributed by atoms with van der Waals surface area (Å²) in [5, 5.41) is 0. The first-order valence-corrected chi connectivity index (χ1v) is 7.35. The van der Waals surface area contributed by atoms with Crippen molar-refractivity contribution in [3.05, 3.63) is 0 Å². The fraction of sp³-hybridized carbons (Fsp3) is 1.00. The number of rotatable bonds is 0. The molecule has 0 amide bonds. The maximum absolute atomic E-state index is 10.2. The largest absolute Gasteiger partial charge is 0.498 e. The number of hydrogen-bond acceptors (Lipinski definition) is 4. The molecule has 2 unspecified atom stereocenters. The molecule has 0 radical (unpaired) electrons. The van der Waals surface area contributed by atoms with E-state index in [9.17, 15) is 4.80 Å². The van der Waals surface area contributed by atoms with Gasteiger partial charge in [-0.3, -0.25) is 4.90 Å². The van der Waals surface area contributed by atoms with Gasteiger partial charge in [-0.1, -0.05) is 0 Å². The van der Waals surface area contributed by atoms with Crippen molar-refractivity contribution in [1.82, 2.24) is 4.90 Å². The van der Waals surface area contributed by atoms with Crippen LogP contribution in [-0.2, 0) is 8.85 Å². The Morgan fingerprint density at radius 2 is 1.79 bits per heavy atom. The summed E-state index contributed by atoms with van der Waals surface area (Å²) >= 11 is 0. The molecule has 2 atom stereocenters. The Hall–Kier alpha value is 0.0569. The van der Waals surface area contributed by atoms with Crippen molar-refractivity contribution < 1.29 is 13.6 Å². The highest BCUT2D eigenvalue weighted by Gasteiger charge is 2.43. The molecular weight excluding hydrogens is 198 g/mol. The van der Waals surface area contributed by atoms with Crippen LogP contribution in [0.25, 0.3) is 0 Å². The first-order chi connectivity index (χ1) is 6.57. The van der Waals surface area contributed by atoms with E-state index >= 15 is 0 Å². The van der Waals surface area contributed by atoms with Crippen molar-refractivity contribution >= 4 is 8.80 Å². The van der Waals surface area contributed by atoms with Gasteiger partial charge >= 0.3 is 8.80 Å². The van der Waals surface area contributed by atoms with Gasteiger partial charge in [0.15, 0.2) is 0 Å². The molecule has 0 aromatic heterocycles. The molecule has 0 spiro atoms. The molecule has 2 bridgehead atoms. The molecule has 0 aromatic carbocycles. The lowest BCUT2D eigenvalue weighted by Crippen LogP contribution is -2.56. The summed E-state index contributed by atoms with van der Waals surface area (Å²) in [6.07, 6.45) is 1.18. The van der Waals surface area contributed by atoms with Crippen LogP contribution in [0.3, 0.4) is 0 Å². The van der Waals surface area contributed by atoms with Crippen molar-refractivity contribution in [2.75, 3.05) is 19.6 Å². The zero-order valence-corrected chi connectivity index (χ0v) is 9.90. The van der Waals surface area contributed by atoms with Crippen LogP contribution in [0, 0.1) is 0 Å². The summed E-state index contributed by atoms with van der Waals surface area (Å²) in [7, 11) is -2.83. The standard InChI is InChI=1S/C9H19NO3Si/c1-8-6-10-4-3-5-14(11,12-8)13-9(2)7-10/h8-9,11H,3-7H2,1-2H3. The van der Waals surface area contributed by atoms with E-state index < -0.39 is 8.80 Å². The van der Waals surface area contributed by atoms with Gasteiger partial charge in [-0.05, 0) is 26.8 Å². The van der Waals surface area contributed by atoms with Crippen LogP contribution >= 0.6 is 0 Å². The van der Waals surface area contributed by atoms with E-state index in [1.165, 1.54) is 0 Å². The highest BCUT2D eigenvalue weighted by Crippen LogP contribution is 2.24. The van der Waals surface area contributed by atoms with Gasteiger partial charge in [0.2, 0.25) is 0 Å². The van der Waals surface area contributed by atoms with Crippen LogP contribution in [0.15, 0.2) is 0 Å². The van der Waals surface area contributed by atoms with Gasteiger partial charge in [-0.15, -0.1) is 0 Å². The predicted octanol–water partition coefficient (Wildman–Crippen LogP) is 0.447. The number of fused-ring (bicyclic) bond motifs is 6. The van der Waals surface area contributed by atoms with Crippen molar-refractivity contribution in [2.24, 2.45) is 0 Å². The lowest BCUT2D eigenvalue weighted by molar-refractivity contribution is -0.0255. The highest BCUT2D eigenvalue weighted by molar-refractivity contribution is 6.59. The minimum absolute atomic E-state index is 0.0967. The van der Waals surface area contributed by atoms with Crippen LogP contribution in [0.5, 0.6) is 0 Å². The molecule has 82 valence electrons. The second-order valence-electron chi connectivity index (χ2n) is 4.43. The number of nitrogens with zero attached hydrogens (tertiary/aromatic N) is 1. The van der Waals surface area contributed by atoms with Gasteiger partial charge in [0.05, 0.1) is 12.2 Å². The molecule has 5 heteroatoms. The zero-order valence-electron chi connectivity index (χ0n) is 8.90. The lowest BCUT2D eigenvalue weighted by atomic mass is 10.3. The first-order valence-electron chi connectivity index (χ1n) is 5.38. The molecule has 3 fully saturated rings. The van der Waals surface area contributed by atoms with Gasteiger partial charge in [-0.25, -0.2) is 0 Å². The van der Waals surface area contributed by atoms with Crippen molar-refractivity contribution in [2.45, 2.75) is 38.5 Å². The molecule has 3 aliphatic rings. The Labute approximate surface area is 86.2 Å². The molecule has 3 heterocycles. The van der Waals surface area contributed by atoms with Crippen molar-refractivity contribution in [3.8, 4) is 0 Å². The van der Waals surface area contributed by atoms with Crippen LogP contribution in [0.4, 0.5) is 0 Å². The molecule has 1 N–H and O–H groups in total. The zero-order chi connectivity index (χ0) is 10.2. The molecular formula is C9H19NO3Si. The van der Waals surface area contributed by atoms with E-state index in [4.69, 9.17) is 8.85 Å². The summed E-state index contributed by atoms with van der Waals surface area (Å²) in [5.74, 6) is 0. The van der Waals surface area contributed by atoms with E-state index in [1.54, 1.807) is 0 Å². The van der Waals surface area contributed by atoms with Crippen LogP contribution in [0.1, 0.15) is 20.3 Å². The Kier molecular flexibility index (Phi) is 2.95. The Bertz CT molecular complexity index is 200. The molecule has 0 aromatic rings. The summed E-state index contributed by atoms with van der Waals surface area (Å²) in [6, 6.07) is 0.707. The summed E-state index contributed by atoms with van der Waals surface area (Å²) in [5.41, 5.74) is 0. The van der Waals surface area contributed by atoms with Crippen molar-refractivity contribution in [3.63, 3.8) is 0 Å². The Balaban J connectivity index is 2.16. The molecule has 3 rings (SSSR count). The van der Waals surface area contributed by atoms with Crippen LogP contribution in [-0.4, -0.2) is 50.3 Å². The molecule has 14 heavy (non-hydrogen) atoms. The van der Waals surface area contributed by atoms with Crippen LogP contribution < -0.4 is 0 Å².